The first kappa shape index (κ1) is 33.8. The fraction of sp³-hybridized carbons (Fsp3) is 0.692. The molecule has 2 fully saturated rings. The van der Waals surface area contributed by atoms with Crippen LogP contribution in [0, 0.1) is 0 Å². The number of halogens is 3. The Bertz CT molecular complexity index is 1030. The Morgan fingerprint density at radius 1 is 1.10 bits per heavy atom. The van der Waals surface area contributed by atoms with E-state index < -0.39 is 22.2 Å². The maximum absolute atomic E-state index is 13.2. The van der Waals surface area contributed by atoms with Crippen molar-refractivity contribution >= 4 is 21.9 Å². The number of nitrogens with one attached hydrogen (secondary N) is 1. The maximum Gasteiger partial charge on any atom is 0.490 e. The number of alkyl halides is 3. The van der Waals surface area contributed by atoms with Crippen molar-refractivity contribution < 1.29 is 41.0 Å². The van der Waals surface area contributed by atoms with Gasteiger partial charge in [-0.05, 0) is 50.4 Å². The monoisotopic (exact) mass is 594 g/mol. The number of rotatable bonds is 11. The first-order valence-corrected chi connectivity index (χ1v) is 15.1. The van der Waals surface area contributed by atoms with Crippen molar-refractivity contribution in [3.05, 3.63) is 29.8 Å². The summed E-state index contributed by atoms with van der Waals surface area (Å²) >= 11 is 0. The van der Waals surface area contributed by atoms with Crippen LogP contribution in [0.3, 0.4) is 0 Å². The lowest BCUT2D eigenvalue weighted by Crippen LogP contribution is -2.49. The second-order valence-corrected chi connectivity index (χ2v) is 12.0. The van der Waals surface area contributed by atoms with Gasteiger partial charge in [0.2, 0.25) is 15.9 Å². The summed E-state index contributed by atoms with van der Waals surface area (Å²) in [5, 5.41) is 10.3. The Labute approximate surface area is 234 Å². The van der Waals surface area contributed by atoms with E-state index >= 15 is 0 Å². The number of aryl methyl sites for hydroxylation is 1. The molecule has 1 amide bonds. The summed E-state index contributed by atoms with van der Waals surface area (Å²) in [5.41, 5.74) is 1.07. The van der Waals surface area contributed by atoms with E-state index in [2.05, 4.69) is 17.1 Å². The summed E-state index contributed by atoms with van der Waals surface area (Å²) in [6.45, 7) is 7.26. The molecule has 10 nitrogen and oxygen atoms in total. The van der Waals surface area contributed by atoms with E-state index in [1.807, 2.05) is 24.3 Å². The average Bonchev–Trinajstić information content (AvgIpc) is 2.93. The van der Waals surface area contributed by atoms with Gasteiger partial charge in [-0.3, -0.25) is 9.69 Å². The number of piperazine rings is 1. The number of amides is 1. The van der Waals surface area contributed by atoms with E-state index in [0.29, 0.717) is 51.6 Å². The molecule has 2 saturated heterocycles. The SMILES string of the molecule is COc1ccc(CCC(=O)N(CCN2CCCCC2C)CCS(=O)(=O)N2CCNCC2)cc1.O=C(O)C(F)(F)F. The summed E-state index contributed by atoms with van der Waals surface area (Å²) in [6, 6.07) is 8.26. The fourth-order valence-corrected chi connectivity index (χ4v) is 6.03. The molecule has 2 heterocycles. The van der Waals surface area contributed by atoms with Crippen LogP contribution in [0.5, 0.6) is 5.75 Å². The zero-order chi connectivity index (χ0) is 29.8. The van der Waals surface area contributed by atoms with Gasteiger partial charge in [-0.1, -0.05) is 18.6 Å². The van der Waals surface area contributed by atoms with Crippen molar-refractivity contribution in [2.45, 2.75) is 51.2 Å². The summed E-state index contributed by atoms with van der Waals surface area (Å²) in [7, 11) is -1.74. The second-order valence-electron chi connectivity index (χ2n) is 9.88. The molecular formula is C26H41F3N4O6S. The molecule has 2 aliphatic rings. The average molecular weight is 595 g/mol. The van der Waals surface area contributed by atoms with Crippen LogP contribution in [-0.4, -0.2) is 117 Å². The minimum Gasteiger partial charge on any atom is -0.497 e. The molecule has 3 rings (SSSR count). The zero-order valence-corrected chi connectivity index (χ0v) is 24.0. The van der Waals surface area contributed by atoms with Crippen LogP contribution in [0.1, 0.15) is 38.2 Å². The Morgan fingerprint density at radius 2 is 1.73 bits per heavy atom. The number of carboxylic acids is 1. The lowest BCUT2D eigenvalue weighted by Gasteiger charge is -2.35. The van der Waals surface area contributed by atoms with Crippen LogP contribution >= 0.6 is 0 Å². The predicted molar refractivity (Wildman–Crippen MR) is 145 cm³/mol. The van der Waals surface area contributed by atoms with Crippen LogP contribution in [-0.2, 0) is 26.0 Å². The molecule has 2 aliphatic heterocycles. The number of hydrogen-bond donors (Lipinski definition) is 2. The van der Waals surface area contributed by atoms with Gasteiger partial charge in [0.05, 0.1) is 12.9 Å². The maximum atomic E-state index is 13.2. The number of carbonyl (C=O) groups excluding carboxylic acids is 1. The molecule has 2 N–H and O–H groups in total. The summed E-state index contributed by atoms with van der Waals surface area (Å²) in [5.74, 6) is -1.96. The second kappa shape index (κ2) is 16.1. The largest absolute Gasteiger partial charge is 0.497 e. The highest BCUT2D eigenvalue weighted by Gasteiger charge is 2.38. The molecule has 0 saturated carbocycles. The number of carbonyl (C=O) groups is 2. The van der Waals surface area contributed by atoms with Crippen molar-refractivity contribution in [2.24, 2.45) is 0 Å². The summed E-state index contributed by atoms with van der Waals surface area (Å²) in [6.07, 6.45) is -0.458. The highest BCUT2D eigenvalue weighted by Crippen LogP contribution is 2.17. The molecule has 40 heavy (non-hydrogen) atoms. The van der Waals surface area contributed by atoms with Gasteiger partial charge in [-0.25, -0.2) is 13.2 Å². The number of nitrogens with zero attached hydrogens (tertiary/aromatic N) is 3. The van der Waals surface area contributed by atoms with Crippen molar-refractivity contribution in [1.29, 1.82) is 0 Å². The lowest BCUT2D eigenvalue weighted by atomic mass is 10.0. The Balaban J connectivity index is 0.000000708. The molecule has 0 bridgehead atoms. The predicted octanol–water partition coefficient (Wildman–Crippen LogP) is 2.20. The highest BCUT2D eigenvalue weighted by atomic mass is 32.2. The number of piperidine rings is 1. The molecule has 0 aromatic heterocycles. The standard InChI is InChI=1S/C24H40N4O4S.C2HF3O2/c1-21-5-3-4-14-26(21)17-18-27(19-20-33(30,31)28-15-12-25-13-16-28)24(29)11-8-22-6-9-23(32-2)10-7-22;3-2(4,5)1(6)7/h6-7,9-10,21,25H,3-5,8,11-20H2,1-2H3;(H,6,7). The van der Waals surface area contributed by atoms with Gasteiger partial charge in [0.1, 0.15) is 5.75 Å². The van der Waals surface area contributed by atoms with Gasteiger partial charge in [0.25, 0.3) is 0 Å². The lowest BCUT2D eigenvalue weighted by molar-refractivity contribution is -0.192. The van der Waals surface area contributed by atoms with Gasteiger partial charge in [0.15, 0.2) is 0 Å². The third kappa shape index (κ3) is 11.6. The number of ether oxygens (including phenoxy) is 1. The molecule has 1 atom stereocenters. The molecule has 0 radical (unpaired) electrons. The molecule has 1 aromatic carbocycles. The number of benzene rings is 1. The Morgan fingerprint density at radius 3 is 2.27 bits per heavy atom. The van der Waals surface area contributed by atoms with Crippen molar-refractivity contribution in [3.63, 3.8) is 0 Å². The van der Waals surface area contributed by atoms with Gasteiger partial charge in [0, 0.05) is 58.3 Å². The third-order valence-corrected chi connectivity index (χ3v) is 8.92. The normalized spacial score (nSPS) is 18.9. The molecule has 14 heteroatoms. The molecule has 1 aromatic rings. The molecule has 1 unspecified atom stereocenters. The molecular weight excluding hydrogens is 553 g/mol. The first-order valence-electron chi connectivity index (χ1n) is 13.5. The van der Waals surface area contributed by atoms with Crippen molar-refractivity contribution in [2.75, 3.05) is 65.2 Å². The number of aliphatic carboxylic acids is 1. The number of carboxylic acid groups (broad SMARTS) is 1. The van der Waals surface area contributed by atoms with Crippen LogP contribution in [0.15, 0.2) is 24.3 Å². The highest BCUT2D eigenvalue weighted by molar-refractivity contribution is 7.89. The van der Waals surface area contributed by atoms with Gasteiger partial charge >= 0.3 is 12.1 Å². The smallest absolute Gasteiger partial charge is 0.490 e. The number of sulfonamides is 1. The number of methoxy groups -OCH3 is 1. The Hall–Kier alpha value is -2.42. The van der Waals surface area contributed by atoms with Crippen LogP contribution in [0.2, 0.25) is 0 Å². The quantitative estimate of drug-likeness (QED) is 0.400. The Kier molecular flexibility index (Phi) is 13.6. The van der Waals surface area contributed by atoms with Gasteiger partial charge in [-0.2, -0.15) is 17.5 Å². The van der Waals surface area contributed by atoms with E-state index in [1.165, 1.54) is 19.3 Å². The molecule has 228 valence electrons. The van der Waals surface area contributed by atoms with Crippen LogP contribution in [0.25, 0.3) is 0 Å². The van der Waals surface area contributed by atoms with Crippen LogP contribution in [0.4, 0.5) is 13.2 Å². The molecule has 0 aliphatic carbocycles. The first-order chi connectivity index (χ1) is 18.8. The molecule has 0 spiro atoms. The van der Waals surface area contributed by atoms with Gasteiger partial charge in [-0.15, -0.1) is 0 Å². The number of hydrogen-bond acceptors (Lipinski definition) is 7. The van der Waals surface area contributed by atoms with Crippen LogP contribution < -0.4 is 10.1 Å². The van der Waals surface area contributed by atoms with E-state index in [-0.39, 0.29) is 18.2 Å². The minimum absolute atomic E-state index is 0.0170. The van der Waals surface area contributed by atoms with Crippen molar-refractivity contribution in [1.82, 2.24) is 19.4 Å². The summed E-state index contributed by atoms with van der Waals surface area (Å²) < 4.78 is 64.2. The fourth-order valence-electron chi connectivity index (χ4n) is 4.58. The summed E-state index contributed by atoms with van der Waals surface area (Å²) in [4.78, 5) is 26.2. The third-order valence-electron chi connectivity index (χ3n) is 7.07. The van der Waals surface area contributed by atoms with E-state index in [1.54, 1.807) is 16.3 Å². The number of likely N-dealkylation sites (tertiary alicyclic amines) is 1. The zero-order valence-electron chi connectivity index (χ0n) is 23.2. The van der Waals surface area contributed by atoms with Gasteiger partial charge < -0.3 is 20.1 Å². The van der Waals surface area contributed by atoms with Crippen molar-refractivity contribution in [3.8, 4) is 5.75 Å². The van der Waals surface area contributed by atoms with E-state index in [0.717, 1.165) is 24.4 Å². The topological polar surface area (TPSA) is 119 Å². The van der Waals surface area contributed by atoms with E-state index in [9.17, 15) is 26.4 Å². The van der Waals surface area contributed by atoms with E-state index in [4.69, 9.17) is 14.6 Å². The minimum atomic E-state index is -5.08.